The normalized spacial score (nSPS) is 10.7. The zero-order valence-electron chi connectivity index (χ0n) is 10.7. The van der Waals surface area contributed by atoms with Crippen molar-refractivity contribution < 1.29 is 9.31 Å². The van der Waals surface area contributed by atoms with Crippen molar-refractivity contribution in [3.8, 4) is 0 Å². The first-order chi connectivity index (χ1) is 10.1. The molecule has 0 aliphatic heterocycles. The molecule has 0 amide bonds. The van der Waals surface area contributed by atoms with Gasteiger partial charge in [-0.2, -0.15) is 4.98 Å². The lowest BCUT2D eigenvalue weighted by molar-refractivity contribution is -0.384. The van der Waals surface area contributed by atoms with Crippen LogP contribution in [0.25, 0.3) is 5.65 Å². The molecule has 0 unspecified atom stereocenters. The number of pyridine rings is 1. The molecule has 0 spiro atoms. The third kappa shape index (κ3) is 2.78. The molecule has 0 fully saturated rings. The van der Waals surface area contributed by atoms with E-state index in [-0.39, 0.29) is 5.69 Å². The van der Waals surface area contributed by atoms with Crippen molar-refractivity contribution >= 4 is 17.3 Å². The van der Waals surface area contributed by atoms with E-state index in [1.54, 1.807) is 12.1 Å². The first kappa shape index (κ1) is 13.0. The van der Waals surface area contributed by atoms with Crippen molar-refractivity contribution in [3.63, 3.8) is 0 Å². The molecule has 0 aliphatic rings. The standard InChI is InChI=1S/C13H10FN5O2/c14-10-3-6-12-16-13(17-18(12)8-10)15-7-9-1-4-11(5-2-9)19(20)21/h1-6,8H,7H2,(H,15,17). The summed E-state index contributed by atoms with van der Waals surface area (Å²) in [6, 6.07) is 9.01. The number of aromatic nitrogens is 3. The summed E-state index contributed by atoms with van der Waals surface area (Å²) in [6.07, 6.45) is 1.24. The maximum atomic E-state index is 13.0. The van der Waals surface area contributed by atoms with E-state index < -0.39 is 10.7 Å². The Kier molecular flexibility index (Phi) is 3.19. The molecule has 0 aliphatic carbocycles. The van der Waals surface area contributed by atoms with Crippen molar-refractivity contribution in [3.05, 3.63) is 64.1 Å². The van der Waals surface area contributed by atoms with Crippen LogP contribution < -0.4 is 5.32 Å². The van der Waals surface area contributed by atoms with E-state index >= 15 is 0 Å². The Hall–Kier alpha value is -3.03. The van der Waals surface area contributed by atoms with Gasteiger partial charge in [0.15, 0.2) is 5.65 Å². The zero-order chi connectivity index (χ0) is 14.8. The Bertz CT molecular complexity index is 800. The molecule has 2 heterocycles. The smallest absolute Gasteiger partial charge is 0.269 e. The molecular weight excluding hydrogens is 277 g/mol. The van der Waals surface area contributed by atoms with Gasteiger partial charge in [0.05, 0.1) is 11.1 Å². The van der Waals surface area contributed by atoms with Crippen LogP contribution in [0, 0.1) is 15.9 Å². The molecule has 106 valence electrons. The monoisotopic (exact) mass is 287 g/mol. The van der Waals surface area contributed by atoms with Crippen LogP contribution in [0.5, 0.6) is 0 Å². The first-order valence-electron chi connectivity index (χ1n) is 6.11. The van der Waals surface area contributed by atoms with E-state index in [1.165, 1.54) is 35.0 Å². The van der Waals surface area contributed by atoms with Gasteiger partial charge < -0.3 is 5.32 Å². The molecule has 0 saturated carbocycles. The molecule has 1 N–H and O–H groups in total. The largest absolute Gasteiger partial charge is 0.349 e. The van der Waals surface area contributed by atoms with E-state index in [9.17, 15) is 14.5 Å². The van der Waals surface area contributed by atoms with Crippen molar-refractivity contribution in [1.29, 1.82) is 0 Å². The van der Waals surface area contributed by atoms with Gasteiger partial charge in [0, 0.05) is 18.7 Å². The number of anilines is 1. The number of hydrogen-bond donors (Lipinski definition) is 1. The van der Waals surface area contributed by atoms with Crippen LogP contribution in [-0.4, -0.2) is 19.5 Å². The Morgan fingerprint density at radius 2 is 2.00 bits per heavy atom. The number of nitro groups is 1. The number of nitrogens with zero attached hydrogens (tertiary/aromatic N) is 4. The Morgan fingerprint density at radius 1 is 1.24 bits per heavy atom. The molecule has 7 nitrogen and oxygen atoms in total. The Labute approximate surface area is 118 Å². The SMILES string of the molecule is O=[N+]([O-])c1ccc(CNc2nc3ccc(F)cn3n2)cc1. The number of nitro benzene ring substituents is 1. The number of nitrogens with one attached hydrogen (secondary N) is 1. The van der Waals surface area contributed by atoms with Crippen LogP contribution in [0.4, 0.5) is 16.0 Å². The highest BCUT2D eigenvalue weighted by molar-refractivity contribution is 5.43. The summed E-state index contributed by atoms with van der Waals surface area (Å²) in [5, 5.41) is 17.6. The topological polar surface area (TPSA) is 85.4 Å². The van der Waals surface area contributed by atoms with E-state index in [1.807, 2.05) is 0 Å². The second-order valence-corrected chi connectivity index (χ2v) is 4.36. The molecule has 3 rings (SSSR count). The second kappa shape index (κ2) is 5.16. The average molecular weight is 287 g/mol. The molecule has 2 aromatic heterocycles. The Morgan fingerprint density at radius 3 is 2.71 bits per heavy atom. The van der Waals surface area contributed by atoms with Gasteiger partial charge in [-0.3, -0.25) is 10.1 Å². The molecule has 21 heavy (non-hydrogen) atoms. The summed E-state index contributed by atoms with van der Waals surface area (Å²) in [5.74, 6) is -0.0340. The maximum Gasteiger partial charge on any atom is 0.269 e. The fourth-order valence-corrected chi connectivity index (χ4v) is 1.85. The van der Waals surface area contributed by atoms with E-state index in [0.29, 0.717) is 18.1 Å². The summed E-state index contributed by atoms with van der Waals surface area (Å²) < 4.78 is 14.4. The van der Waals surface area contributed by atoms with Crippen LogP contribution in [0.2, 0.25) is 0 Å². The van der Waals surface area contributed by atoms with Crippen LogP contribution in [-0.2, 0) is 6.54 Å². The van der Waals surface area contributed by atoms with Crippen LogP contribution in [0.1, 0.15) is 5.56 Å². The predicted octanol–water partition coefficient (Wildman–Crippen LogP) is 2.39. The van der Waals surface area contributed by atoms with Crippen molar-refractivity contribution in [2.75, 3.05) is 5.32 Å². The summed E-state index contributed by atoms with van der Waals surface area (Å²) in [7, 11) is 0. The molecule has 0 bridgehead atoms. The third-order valence-corrected chi connectivity index (χ3v) is 2.89. The molecular formula is C13H10FN5O2. The van der Waals surface area contributed by atoms with Gasteiger partial charge >= 0.3 is 0 Å². The van der Waals surface area contributed by atoms with Crippen LogP contribution in [0.3, 0.4) is 0 Å². The minimum atomic E-state index is -0.449. The van der Waals surface area contributed by atoms with E-state index in [4.69, 9.17) is 0 Å². The lowest BCUT2D eigenvalue weighted by Gasteiger charge is -2.01. The molecule has 1 aromatic carbocycles. The fourth-order valence-electron chi connectivity index (χ4n) is 1.85. The number of rotatable bonds is 4. The van der Waals surface area contributed by atoms with Gasteiger partial charge in [0.2, 0.25) is 5.95 Å². The number of benzene rings is 1. The van der Waals surface area contributed by atoms with Gasteiger partial charge in [0.1, 0.15) is 5.82 Å². The van der Waals surface area contributed by atoms with E-state index in [0.717, 1.165) is 5.56 Å². The molecule has 0 saturated heterocycles. The zero-order valence-corrected chi connectivity index (χ0v) is 10.7. The Balaban J connectivity index is 1.72. The van der Waals surface area contributed by atoms with Gasteiger partial charge in [0.25, 0.3) is 5.69 Å². The number of non-ortho nitro benzene ring substituents is 1. The van der Waals surface area contributed by atoms with Gasteiger partial charge in [-0.15, -0.1) is 5.10 Å². The minimum Gasteiger partial charge on any atom is -0.349 e. The fraction of sp³-hybridized carbons (Fsp3) is 0.0769. The van der Waals surface area contributed by atoms with Crippen LogP contribution >= 0.6 is 0 Å². The lowest BCUT2D eigenvalue weighted by Crippen LogP contribution is -2.01. The van der Waals surface area contributed by atoms with Crippen molar-refractivity contribution in [1.82, 2.24) is 14.6 Å². The second-order valence-electron chi connectivity index (χ2n) is 4.36. The van der Waals surface area contributed by atoms with Gasteiger partial charge in [-0.1, -0.05) is 12.1 Å². The number of fused-ring (bicyclic) bond motifs is 1. The predicted molar refractivity (Wildman–Crippen MR) is 73.4 cm³/mol. The minimum absolute atomic E-state index is 0.0417. The summed E-state index contributed by atoms with van der Waals surface area (Å²) in [5.41, 5.74) is 1.42. The summed E-state index contributed by atoms with van der Waals surface area (Å²) >= 11 is 0. The number of hydrogen-bond acceptors (Lipinski definition) is 5. The molecule has 0 radical (unpaired) electrons. The highest BCUT2D eigenvalue weighted by Crippen LogP contribution is 2.13. The highest BCUT2D eigenvalue weighted by atomic mass is 19.1. The molecule has 3 aromatic rings. The van der Waals surface area contributed by atoms with Gasteiger partial charge in [-0.25, -0.2) is 8.91 Å². The van der Waals surface area contributed by atoms with Gasteiger partial charge in [-0.05, 0) is 17.7 Å². The van der Waals surface area contributed by atoms with Crippen molar-refractivity contribution in [2.45, 2.75) is 6.54 Å². The highest BCUT2D eigenvalue weighted by Gasteiger charge is 2.06. The molecule has 8 heteroatoms. The summed E-state index contributed by atoms with van der Waals surface area (Å²) in [6.45, 7) is 0.414. The number of halogens is 1. The van der Waals surface area contributed by atoms with Crippen molar-refractivity contribution in [2.24, 2.45) is 0 Å². The summed E-state index contributed by atoms with van der Waals surface area (Å²) in [4.78, 5) is 14.3. The molecule has 0 atom stereocenters. The lowest BCUT2D eigenvalue weighted by atomic mass is 10.2. The van der Waals surface area contributed by atoms with E-state index in [2.05, 4.69) is 15.4 Å². The third-order valence-electron chi connectivity index (χ3n) is 2.89. The average Bonchev–Trinajstić information content (AvgIpc) is 2.87. The quantitative estimate of drug-likeness (QED) is 0.588. The van der Waals surface area contributed by atoms with Crippen LogP contribution in [0.15, 0.2) is 42.6 Å². The maximum absolute atomic E-state index is 13.0. The first-order valence-corrected chi connectivity index (χ1v) is 6.11.